The molecular weight excluding hydrogens is 472 g/mol. The van der Waals surface area contributed by atoms with E-state index in [0.29, 0.717) is 6.07 Å². The molecule has 1 amide bonds. The second kappa shape index (κ2) is 11.7. The number of halogens is 4. The van der Waals surface area contributed by atoms with Crippen molar-refractivity contribution in [2.75, 3.05) is 6.54 Å². The Labute approximate surface area is 210 Å². The zero-order chi connectivity index (χ0) is 26.5. The summed E-state index contributed by atoms with van der Waals surface area (Å²) < 4.78 is 53.4. The molecule has 0 radical (unpaired) electrons. The Morgan fingerprint density at radius 3 is 2.25 bits per heavy atom. The zero-order valence-electron chi connectivity index (χ0n) is 21.1. The topological polar surface area (TPSA) is 61.4 Å². The van der Waals surface area contributed by atoms with E-state index < -0.39 is 41.7 Å². The van der Waals surface area contributed by atoms with Crippen LogP contribution in [0.25, 0.3) is 0 Å². The third-order valence-electron chi connectivity index (χ3n) is 7.01. The summed E-state index contributed by atoms with van der Waals surface area (Å²) in [6.45, 7) is 6.43. The zero-order valence-corrected chi connectivity index (χ0v) is 21.1. The van der Waals surface area contributed by atoms with Gasteiger partial charge in [-0.15, -0.1) is 0 Å². The lowest BCUT2D eigenvalue weighted by Crippen LogP contribution is -2.54. The largest absolute Gasteiger partial charge is 0.390 e. The van der Waals surface area contributed by atoms with Gasteiger partial charge in [-0.2, -0.15) is 8.78 Å². The van der Waals surface area contributed by atoms with Gasteiger partial charge in [-0.1, -0.05) is 64.3 Å². The van der Waals surface area contributed by atoms with E-state index in [1.54, 1.807) is 0 Å². The van der Waals surface area contributed by atoms with E-state index >= 15 is 0 Å². The minimum Gasteiger partial charge on any atom is -0.390 e. The maximum absolute atomic E-state index is 13.7. The van der Waals surface area contributed by atoms with Crippen molar-refractivity contribution in [1.82, 2.24) is 10.6 Å². The van der Waals surface area contributed by atoms with Gasteiger partial charge < -0.3 is 15.7 Å². The van der Waals surface area contributed by atoms with Gasteiger partial charge in [-0.05, 0) is 53.5 Å². The van der Waals surface area contributed by atoms with E-state index in [1.165, 1.54) is 5.56 Å². The summed E-state index contributed by atoms with van der Waals surface area (Å²) in [5.41, 5.74) is 1.97. The molecule has 1 saturated carbocycles. The van der Waals surface area contributed by atoms with Gasteiger partial charge in [0.1, 0.15) is 11.6 Å². The van der Waals surface area contributed by atoms with Gasteiger partial charge in [0.15, 0.2) is 0 Å². The van der Waals surface area contributed by atoms with Gasteiger partial charge >= 0.3 is 6.43 Å². The number of amides is 1. The Bertz CT molecular complexity index is 1010. The highest BCUT2D eigenvalue weighted by molar-refractivity contribution is 5.79. The van der Waals surface area contributed by atoms with Crippen LogP contribution >= 0.6 is 0 Å². The summed E-state index contributed by atoms with van der Waals surface area (Å²) in [4.78, 5) is 11.8. The van der Waals surface area contributed by atoms with E-state index in [1.807, 2.05) is 6.07 Å². The smallest absolute Gasteiger partial charge is 0.315 e. The van der Waals surface area contributed by atoms with E-state index in [9.17, 15) is 27.5 Å². The second-order valence-electron chi connectivity index (χ2n) is 10.8. The van der Waals surface area contributed by atoms with Crippen molar-refractivity contribution in [2.45, 2.75) is 88.8 Å². The number of hydrogen-bond donors (Lipinski definition) is 3. The number of rotatable bonds is 9. The van der Waals surface area contributed by atoms with E-state index in [-0.39, 0.29) is 23.9 Å². The second-order valence-corrected chi connectivity index (χ2v) is 10.8. The molecule has 1 fully saturated rings. The molecule has 8 heteroatoms. The molecular formula is C28H36F4N2O2. The Kier molecular flexibility index (Phi) is 9.17. The van der Waals surface area contributed by atoms with Crippen LogP contribution in [0.1, 0.15) is 69.6 Å². The van der Waals surface area contributed by atoms with E-state index in [4.69, 9.17) is 0 Å². The van der Waals surface area contributed by atoms with Crippen LogP contribution in [0.4, 0.5) is 17.6 Å². The van der Waals surface area contributed by atoms with Crippen molar-refractivity contribution >= 4 is 5.91 Å². The van der Waals surface area contributed by atoms with Crippen molar-refractivity contribution in [3.8, 4) is 0 Å². The Balaban J connectivity index is 1.83. The summed E-state index contributed by atoms with van der Waals surface area (Å²) in [7, 11) is 0. The number of hydrogen-bond acceptors (Lipinski definition) is 3. The minimum absolute atomic E-state index is 0.00568. The molecule has 0 bridgehead atoms. The van der Waals surface area contributed by atoms with Gasteiger partial charge in [0.2, 0.25) is 0 Å². The summed E-state index contributed by atoms with van der Waals surface area (Å²) >= 11 is 0. The first-order valence-corrected chi connectivity index (χ1v) is 12.5. The van der Waals surface area contributed by atoms with E-state index in [2.05, 4.69) is 49.6 Å². The molecule has 2 atom stereocenters. The van der Waals surface area contributed by atoms with Crippen LogP contribution in [0.3, 0.4) is 0 Å². The van der Waals surface area contributed by atoms with Crippen molar-refractivity contribution in [3.63, 3.8) is 0 Å². The van der Waals surface area contributed by atoms with Crippen LogP contribution in [0.15, 0.2) is 42.5 Å². The Morgan fingerprint density at radius 2 is 1.67 bits per heavy atom. The SMILES string of the molecule is CC(C)(C)c1cccc(C2(NCC(O)C(Cc3cc(F)cc(F)c3)NC(=O)C(F)F)CCCCC2)c1. The quantitative estimate of drug-likeness (QED) is 0.400. The molecule has 3 N–H and O–H groups in total. The average molecular weight is 509 g/mol. The molecule has 1 aliphatic carbocycles. The molecule has 0 aliphatic heterocycles. The first-order valence-electron chi connectivity index (χ1n) is 12.5. The molecule has 2 aromatic rings. The molecule has 0 aromatic heterocycles. The molecule has 1 aliphatic rings. The average Bonchev–Trinajstić information content (AvgIpc) is 2.81. The highest BCUT2D eigenvalue weighted by atomic mass is 19.3. The van der Waals surface area contributed by atoms with Gasteiger partial charge in [0.25, 0.3) is 5.91 Å². The van der Waals surface area contributed by atoms with Crippen LogP contribution in [-0.4, -0.2) is 36.1 Å². The summed E-state index contributed by atoms with van der Waals surface area (Å²) in [6, 6.07) is 10.0. The van der Waals surface area contributed by atoms with Gasteiger partial charge in [-0.3, -0.25) is 4.79 Å². The van der Waals surface area contributed by atoms with Gasteiger partial charge in [-0.25, -0.2) is 8.78 Å². The number of nitrogens with one attached hydrogen (secondary N) is 2. The number of alkyl halides is 2. The van der Waals surface area contributed by atoms with Crippen LogP contribution in [0.2, 0.25) is 0 Å². The predicted octanol–water partition coefficient (Wildman–Crippen LogP) is 5.36. The summed E-state index contributed by atoms with van der Waals surface area (Å²) in [5, 5.41) is 16.6. The van der Waals surface area contributed by atoms with Crippen molar-refractivity contribution in [3.05, 3.63) is 70.8 Å². The lowest BCUT2D eigenvalue weighted by molar-refractivity contribution is -0.133. The highest BCUT2D eigenvalue weighted by Crippen LogP contribution is 2.38. The lowest BCUT2D eigenvalue weighted by atomic mass is 9.74. The van der Waals surface area contributed by atoms with Gasteiger partial charge in [0.05, 0.1) is 12.1 Å². The molecule has 2 aromatic carbocycles. The molecule has 4 nitrogen and oxygen atoms in total. The van der Waals surface area contributed by atoms with Crippen LogP contribution in [0.5, 0.6) is 0 Å². The monoisotopic (exact) mass is 508 g/mol. The Hall–Kier alpha value is -2.45. The summed E-state index contributed by atoms with van der Waals surface area (Å²) in [6.07, 6.45) is 0.0253. The predicted molar refractivity (Wildman–Crippen MR) is 132 cm³/mol. The molecule has 2 unspecified atom stereocenters. The number of carbonyl (C=O) groups excluding carboxylic acids is 1. The summed E-state index contributed by atoms with van der Waals surface area (Å²) in [5.74, 6) is -3.19. The van der Waals surface area contributed by atoms with Crippen molar-refractivity contribution in [1.29, 1.82) is 0 Å². The van der Waals surface area contributed by atoms with Crippen molar-refractivity contribution < 1.29 is 27.5 Å². The fourth-order valence-corrected chi connectivity index (χ4v) is 4.96. The normalized spacial score (nSPS) is 17.6. The van der Waals surface area contributed by atoms with Gasteiger partial charge in [0, 0.05) is 18.2 Å². The minimum atomic E-state index is -3.28. The first kappa shape index (κ1) is 28.1. The number of carbonyl (C=O) groups is 1. The molecule has 0 saturated heterocycles. The van der Waals surface area contributed by atoms with Crippen LogP contribution in [0, 0.1) is 11.6 Å². The lowest BCUT2D eigenvalue weighted by Gasteiger charge is -2.41. The molecule has 3 rings (SSSR count). The fourth-order valence-electron chi connectivity index (χ4n) is 4.96. The fraction of sp³-hybridized carbons (Fsp3) is 0.536. The maximum Gasteiger partial charge on any atom is 0.315 e. The number of aliphatic hydroxyl groups is 1. The molecule has 0 spiro atoms. The van der Waals surface area contributed by atoms with Crippen LogP contribution in [-0.2, 0) is 22.2 Å². The molecule has 36 heavy (non-hydrogen) atoms. The maximum atomic E-state index is 13.7. The third kappa shape index (κ3) is 7.29. The molecule has 0 heterocycles. The highest BCUT2D eigenvalue weighted by Gasteiger charge is 2.36. The third-order valence-corrected chi connectivity index (χ3v) is 7.01. The van der Waals surface area contributed by atoms with Crippen molar-refractivity contribution in [2.24, 2.45) is 0 Å². The van der Waals surface area contributed by atoms with Crippen LogP contribution < -0.4 is 10.6 Å². The molecule has 198 valence electrons. The number of aliphatic hydroxyl groups excluding tert-OH is 1. The first-order chi connectivity index (χ1) is 16.9. The van der Waals surface area contributed by atoms with E-state index in [0.717, 1.165) is 49.8 Å². The number of benzene rings is 2. The standard InChI is InChI=1S/C28H36F4N2O2/c1-27(2,3)19-8-7-9-20(15-19)28(10-5-4-6-11-28)33-17-24(35)23(34-26(36)25(31)32)14-18-12-21(29)16-22(30)13-18/h7-9,12-13,15-16,23-25,33,35H,4-6,10-11,14,17H2,1-3H3,(H,34,36). The Morgan fingerprint density at radius 1 is 1.03 bits per heavy atom.